The quantitative estimate of drug-likeness (QED) is 0.708. The predicted molar refractivity (Wildman–Crippen MR) is 113 cm³/mol. The largest absolute Gasteiger partial charge is 0.418 e. The summed E-state index contributed by atoms with van der Waals surface area (Å²) in [5, 5.41) is 2.37. The molecule has 2 fully saturated rings. The molecule has 1 aliphatic heterocycles. The molecule has 2 atom stereocenters. The maximum atomic E-state index is 13.1. The number of carbonyl (C=O) groups excluding carboxylic acids is 2. The summed E-state index contributed by atoms with van der Waals surface area (Å²) in [5.41, 5.74) is 0.0557. The second-order valence-electron chi connectivity index (χ2n) is 9.26. The maximum Gasteiger partial charge on any atom is 0.418 e. The predicted octanol–water partition coefficient (Wildman–Crippen LogP) is 4.03. The van der Waals surface area contributed by atoms with Crippen molar-refractivity contribution in [2.24, 2.45) is 17.3 Å². The van der Waals surface area contributed by atoms with Gasteiger partial charge < -0.3 is 10.2 Å². The van der Waals surface area contributed by atoms with Crippen LogP contribution in [0.25, 0.3) is 0 Å². The zero-order chi connectivity index (χ0) is 23.0. The molecule has 0 bridgehead atoms. The molecule has 2 aliphatic rings. The standard InChI is InChI=1S/C23H30F3N3O2/c1-15(2)13-17-20(22(17,3)4)21(31)29-11-9-28(10-12-29)14-19(30)27-18-8-6-5-7-16(18)23(24,25)26/h5-8,13,17,20H,9-12,14H2,1-4H3,(H,27,30). The van der Waals surface area contributed by atoms with E-state index < -0.39 is 17.6 Å². The molecule has 2 unspecified atom stereocenters. The van der Waals surface area contributed by atoms with Crippen LogP contribution in [-0.2, 0) is 15.8 Å². The molecule has 31 heavy (non-hydrogen) atoms. The highest BCUT2D eigenvalue weighted by Gasteiger charge is 2.61. The van der Waals surface area contributed by atoms with Gasteiger partial charge in [-0.2, -0.15) is 13.2 Å². The van der Waals surface area contributed by atoms with Crippen LogP contribution in [0.3, 0.4) is 0 Å². The summed E-state index contributed by atoms with van der Waals surface area (Å²) in [6, 6.07) is 4.94. The van der Waals surface area contributed by atoms with Crippen molar-refractivity contribution < 1.29 is 22.8 Å². The van der Waals surface area contributed by atoms with E-state index in [0.29, 0.717) is 26.2 Å². The number of rotatable bonds is 5. The van der Waals surface area contributed by atoms with Crippen LogP contribution in [0.2, 0.25) is 0 Å². The summed E-state index contributed by atoms with van der Waals surface area (Å²) < 4.78 is 39.3. The first-order valence-corrected chi connectivity index (χ1v) is 10.5. The van der Waals surface area contributed by atoms with Crippen LogP contribution in [0, 0.1) is 17.3 Å². The molecule has 0 spiro atoms. The monoisotopic (exact) mass is 437 g/mol. The first-order valence-electron chi connectivity index (χ1n) is 10.5. The van der Waals surface area contributed by atoms with Gasteiger partial charge in [-0.3, -0.25) is 14.5 Å². The highest BCUT2D eigenvalue weighted by atomic mass is 19.4. The number of hydrogen-bond acceptors (Lipinski definition) is 3. The number of nitrogens with one attached hydrogen (secondary N) is 1. The van der Waals surface area contributed by atoms with E-state index in [-0.39, 0.29) is 35.4 Å². The van der Waals surface area contributed by atoms with Crippen LogP contribution in [-0.4, -0.2) is 54.3 Å². The molecule has 170 valence electrons. The van der Waals surface area contributed by atoms with Gasteiger partial charge in [-0.05, 0) is 37.3 Å². The third-order valence-corrected chi connectivity index (χ3v) is 6.25. The first-order chi connectivity index (χ1) is 14.4. The van der Waals surface area contributed by atoms with E-state index in [2.05, 4.69) is 25.2 Å². The molecule has 0 radical (unpaired) electrons. The van der Waals surface area contributed by atoms with E-state index in [1.54, 1.807) is 0 Å². The molecular weight excluding hydrogens is 407 g/mol. The third-order valence-electron chi connectivity index (χ3n) is 6.25. The number of hydrogen-bond donors (Lipinski definition) is 1. The van der Waals surface area contributed by atoms with E-state index in [4.69, 9.17) is 0 Å². The summed E-state index contributed by atoms with van der Waals surface area (Å²) in [4.78, 5) is 29.0. The Labute approximate surface area is 181 Å². The minimum Gasteiger partial charge on any atom is -0.340 e. The molecule has 2 amide bonds. The summed E-state index contributed by atoms with van der Waals surface area (Å²) in [6.07, 6.45) is -2.36. The minimum atomic E-state index is -4.53. The molecule has 1 aromatic rings. The number of halogens is 3. The highest BCUT2D eigenvalue weighted by molar-refractivity contribution is 5.93. The lowest BCUT2D eigenvalue weighted by Gasteiger charge is -2.34. The molecule has 8 heteroatoms. The molecular formula is C23H30F3N3O2. The Morgan fingerprint density at radius 2 is 1.74 bits per heavy atom. The number of alkyl halides is 3. The van der Waals surface area contributed by atoms with Crippen molar-refractivity contribution in [2.75, 3.05) is 38.0 Å². The summed E-state index contributed by atoms with van der Waals surface area (Å²) in [6.45, 7) is 10.3. The molecule has 1 aromatic carbocycles. The van der Waals surface area contributed by atoms with E-state index in [9.17, 15) is 22.8 Å². The fourth-order valence-corrected chi connectivity index (χ4v) is 4.37. The Morgan fingerprint density at radius 1 is 1.13 bits per heavy atom. The Morgan fingerprint density at radius 3 is 2.32 bits per heavy atom. The number of piperazine rings is 1. The second kappa shape index (κ2) is 8.65. The SMILES string of the molecule is CC(C)=CC1C(C(=O)N2CCN(CC(=O)Nc3ccccc3C(F)(F)F)CC2)C1(C)C. The number of amides is 2. The average Bonchev–Trinajstić information content (AvgIpc) is 3.20. The number of anilines is 1. The van der Waals surface area contributed by atoms with Gasteiger partial charge in [0.2, 0.25) is 11.8 Å². The van der Waals surface area contributed by atoms with Gasteiger partial charge in [0.1, 0.15) is 0 Å². The molecule has 3 rings (SSSR count). The Kier molecular flexibility index (Phi) is 6.51. The van der Waals surface area contributed by atoms with Gasteiger partial charge in [-0.1, -0.05) is 37.6 Å². The maximum absolute atomic E-state index is 13.1. The van der Waals surface area contributed by atoms with Crippen molar-refractivity contribution in [3.8, 4) is 0 Å². The highest BCUT2D eigenvalue weighted by Crippen LogP contribution is 2.60. The van der Waals surface area contributed by atoms with Gasteiger partial charge in [0.15, 0.2) is 0 Å². The van der Waals surface area contributed by atoms with E-state index >= 15 is 0 Å². The minimum absolute atomic E-state index is 0.0104. The van der Waals surface area contributed by atoms with Crippen molar-refractivity contribution in [1.82, 2.24) is 9.80 Å². The van der Waals surface area contributed by atoms with E-state index in [1.807, 2.05) is 23.6 Å². The van der Waals surface area contributed by atoms with Crippen molar-refractivity contribution >= 4 is 17.5 Å². The van der Waals surface area contributed by atoms with Gasteiger partial charge in [0.25, 0.3) is 0 Å². The van der Waals surface area contributed by atoms with Crippen LogP contribution in [0.15, 0.2) is 35.9 Å². The lowest BCUT2D eigenvalue weighted by atomic mass is 10.1. The number of nitrogens with zero attached hydrogens (tertiary/aromatic N) is 2. The fraction of sp³-hybridized carbons (Fsp3) is 0.565. The summed E-state index contributed by atoms with van der Waals surface area (Å²) in [5.74, 6) is -0.113. The van der Waals surface area contributed by atoms with Crippen LogP contribution in [0.1, 0.15) is 33.3 Å². The van der Waals surface area contributed by atoms with Crippen molar-refractivity contribution in [1.29, 1.82) is 0 Å². The van der Waals surface area contributed by atoms with Crippen molar-refractivity contribution in [3.63, 3.8) is 0 Å². The first kappa shape index (κ1) is 23.3. The van der Waals surface area contributed by atoms with Gasteiger partial charge in [0.05, 0.1) is 23.7 Å². The van der Waals surface area contributed by atoms with Gasteiger partial charge in [-0.25, -0.2) is 0 Å². The lowest BCUT2D eigenvalue weighted by Crippen LogP contribution is -2.51. The van der Waals surface area contributed by atoms with Crippen LogP contribution >= 0.6 is 0 Å². The van der Waals surface area contributed by atoms with E-state index in [1.165, 1.54) is 23.8 Å². The third kappa shape index (κ3) is 5.29. The second-order valence-corrected chi connectivity index (χ2v) is 9.26. The summed E-state index contributed by atoms with van der Waals surface area (Å²) >= 11 is 0. The van der Waals surface area contributed by atoms with Gasteiger partial charge in [-0.15, -0.1) is 0 Å². The topological polar surface area (TPSA) is 52.7 Å². The molecule has 1 aliphatic carbocycles. The smallest absolute Gasteiger partial charge is 0.340 e. The Hall–Kier alpha value is -2.35. The molecule has 1 N–H and O–H groups in total. The Balaban J connectivity index is 1.52. The van der Waals surface area contributed by atoms with Crippen LogP contribution in [0.5, 0.6) is 0 Å². The lowest BCUT2D eigenvalue weighted by molar-refractivity contribution is -0.137. The zero-order valence-corrected chi connectivity index (χ0v) is 18.4. The van der Waals surface area contributed by atoms with E-state index in [0.717, 1.165) is 6.07 Å². The normalized spacial score (nSPS) is 23.3. The summed E-state index contributed by atoms with van der Waals surface area (Å²) in [7, 11) is 0. The van der Waals surface area contributed by atoms with Crippen LogP contribution in [0.4, 0.5) is 18.9 Å². The van der Waals surface area contributed by atoms with Crippen molar-refractivity contribution in [2.45, 2.75) is 33.9 Å². The molecule has 1 saturated heterocycles. The fourth-order valence-electron chi connectivity index (χ4n) is 4.37. The van der Waals surface area contributed by atoms with Gasteiger partial charge in [0, 0.05) is 26.2 Å². The average molecular weight is 438 g/mol. The molecule has 1 saturated carbocycles. The number of benzene rings is 1. The number of allylic oxidation sites excluding steroid dienone is 2. The number of para-hydroxylation sites is 1. The Bertz CT molecular complexity index is 867. The molecule has 5 nitrogen and oxygen atoms in total. The zero-order valence-electron chi connectivity index (χ0n) is 18.4. The van der Waals surface area contributed by atoms with Crippen molar-refractivity contribution in [3.05, 3.63) is 41.5 Å². The number of carbonyl (C=O) groups is 2. The molecule has 1 heterocycles. The van der Waals surface area contributed by atoms with Crippen LogP contribution < -0.4 is 5.32 Å². The van der Waals surface area contributed by atoms with Gasteiger partial charge >= 0.3 is 6.18 Å². The molecule has 0 aromatic heterocycles.